The van der Waals surface area contributed by atoms with Crippen LogP contribution in [0.3, 0.4) is 0 Å². The lowest BCUT2D eigenvalue weighted by atomic mass is 9.99. The molecule has 2 heterocycles. The van der Waals surface area contributed by atoms with Crippen molar-refractivity contribution in [3.8, 4) is 0 Å². The number of para-hydroxylation sites is 1. The predicted molar refractivity (Wildman–Crippen MR) is 81.1 cm³/mol. The zero-order valence-electron chi connectivity index (χ0n) is 12.3. The van der Waals surface area contributed by atoms with Gasteiger partial charge in [-0.15, -0.1) is 0 Å². The molecular formula is C17H21NO3. The molecule has 0 unspecified atom stereocenters. The van der Waals surface area contributed by atoms with Crippen molar-refractivity contribution >= 4 is 16.9 Å². The lowest BCUT2D eigenvalue weighted by molar-refractivity contribution is -0.128. The molecule has 0 radical (unpaired) electrons. The van der Waals surface area contributed by atoms with Crippen molar-refractivity contribution in [2.24, 2.45) is 5.92 Å². The van der Waals surface area contributed by atoms with Gasteiger partial charge in [-0.2, -0.15) is 0 Å². The minimum atomic E-state index is 0.0703. The number of benzene rings is 1. The summed E-state index contributed by atoms with van der Waals surface area (Å²) < 4.78 is 11.1. The molecular weight excluding hydrogens is 266 g/mol. The van der Waals surface area contributed by atoms with E-state index in [0.717, 1.165) is 29.6 Å². The summed E-state index contributed by atoms with van der Waals surface area (Å²) >= 11 is 0. The molecule has 1 aliphatic rings. The van der Waals surface area contributed by atoms with Crippen LogP contribution in [0, 0.1) is 5.92 Å². The van der Waals surface area contributed by atoms with Crippen molar-refractivity contribution in [1.82, 2.24) is 5.32 Å². The van der Waals surface area contributed by atoms with E-state index in [0.29, 0.717) is 19.6 Å². The van der Waals surface area contributed by atoms with Crippen LogP contribution in [-0.2, 0) is 16.0 Å². The highest BCUT2D eigenvalue weighted by Gasteiger charge is 2.22. The number of carbonyl (C=O) groups is 1. The third-order valence-electron chi connectivity index (χ3n) is 3.96. The second-order valence-corrected chi connectivity index (χ2v) is 5.75. The predicted octanol–water partition coefficient (Wildman–Crippen LogP) is 2.91. The minimum absolute atomic E-state index is 0.0703. The molecule has 4 nitrogen and oxygen atoms in total. The number of ether oxygens (including phenoxy) is 1. The number of rotatable bonds is 4. The van der Waals surface area contributed by atoms with Gasteiger partial charge in [0.05, 0.1) is 0 Å². The lowest BCUT2D eigenvalue weighted by Gasteiger charge is -2.23. The Kier molecular flexibility index (Phi) is 4.25. The molecule has 21 heavy (non-hydrogen) atoms. The monoisotopic (exact) mass is 287 g/mol. The molecule has 2 aromatic rings. The maximum Gasteiger partial charge on any atom is 0.223 e. The van der Waals surface area contributed by atoms with E-state index in [4.69, 9.17) is 9.15 Å². The first-order valence-electron chi connectivity index (χ1n) is 7.58. The van der Waals surface area contributed by atoms with Crippen LogP contribution in [-0.4, -0.2) is 25.2 Å². The molecule has 0 aliphatic carbocycles. The second-order valence-electron chi connectivity index (χ2n) is 5.75. The van der Waals surface area contributed by atoms with Gasteiger partial charge in [-0.3, -0.25) is 4.79 Å². The van der Waals surface area contributed by atoms with Crippen LogP contribution in [0.15, 0.2) is 34.7 Å². The largest absolute Gasteiger partial charge is 0.461 e. The first kappa shape index (κ1) is 14.1. The van der Waals surface area contributed by atoms with Gasteiger partial charge in [0.25, 0.3) is 0 Å². The topological polar surface area (TPSA) is 51.5 Å². The minimum Gasteiger partial charge on any atom is -0.461 e. The van der Waals surface area contributed by atoms with E-state index in [1.807, 2.05) is 37.3 Å². The van der Waals surface area contributed by atoms with E-state index >= 15 is 0 Å². The van der Waals surface area contributed by atoms with Crippen molar-refractivity contribution in [2.45, 2.75) is 32.2 Å². The van der Waals surface area contributed by atoms with Crippen LogP contribution >= 0.6 is 0 Å². The molecule has 3 rings (SSSR count). The molecule has 4 heteroatoms. The summed E-state index contributed by atoms with van der Waals surface area (Å²) in [6, 6.07) is 10.1. The van der Waals surface area contributed by atoms with E-state index in [1.54, 1.807) is 0 Å². The quantitative estimate of drug-likeness (QED) is 0.940. The zero-order chi connectivity index (χ0) is 14.7. The Morgan fingerprint density at radius 3 is 2.86 bits per heavy atom. The Morgan fingerprint density at radius 1 is 1.33 bits per heavy atom. The van der Waals surface area contributed by atoms with Gasteiger partial charge < -0.3 is 14.5 Å². The Balaban J connectivity index is 1.57. The third-order valence-corrected chi connectivity index (χ3v) is 3.96. The van der Waals surface area contributed by atoms with Crippen molar-refractivity contribution in [3.63, 3.8) is 0 Å². The molecule has 1 atom stereocenters. The summed E-state index contributed by atoms with van der Waals surface area (Å²) in [4.78, 5) is 12.2. The fraction of sp³-hybridized carbons (Fsp3) is 0.471. The Labute approximate surface area is 124 Å². The fourth-order valence-electron chi connectivity index (χ4n) is 2.81. The van der Waals surface area contributed by atoms with Crippen molar-refractivity contribution in [3.05, 3.63) is 36.1 Å². The smallest absolute Gasteiger partial charge is 0.223 e. The average molecular weight is 287 g/mol. The Hall–Kier alpha value is -1.81. The van der Waals surface area contributed by atoms with Crippen molar-refractivity contribution in [1.29, 1.82) is 0 Å². The zero-order valence-corrected chi connectivity index (χ0v) is 12.3. The van der Waals surface area contributed by atoms with Crippen LogP contribution in [0.25, 0.3) is 11.0 Å². The van der Waals surface area contributed by atoms with Gasteiger partial charge in [0.1, 0.15) is 11.3 Å². The first-order chi connectivity index (χ1) is 10.2. The molecule has 1 amide bonds. The molecule has 0 saturated carbocycles. The maximum atomic E-state index is 12.2. The summed E-state index contributed by atoms with van der Waals surface area (Å²) in [5.74, 6) is 1.15. The number of hydrogen-bond acceptors (Lipinski definition) is 3. The molecule has 1 fully saturated rings. The van der Waals surface area contributed by atoms with E-state index < -0.39 is 0 Å². The average Bonchev–Trinajstić information content (AvgIpc) is 2.90. The van der Waals surface area contributed by atoms with Crippen LogP contribution < -0.4 is 5.32 Å². The molecule has 0 bridgehead atoms. The highest BCUT2D eigenvalue weighted by Crippen LogP contribution is 2.20. The van der Waals surface area contributed by atoms with E-state index in [9.17, 15) is 4.79 Å². The fourth-order valence-corrected chi connectivity index (χ4v) is 2.81. The third kappa shape index (κ3) is 3.45. The second kappa shape index (κ2) is 6.31. The van der Waals surface area contributed by atoms with Gasteiger partial charge in [-0.25, -0.2) is 0 Å². The van der Waals surface area contributed by atoms with Crippen molar-refractivity contribution in [2.75, 3.05) is 13.2 Å². The van der Waals surface area contributed by atoms with Gasteiger partial charge in [-0.05, 0) is 31.9 Å². The molecule has 1 aromatic heterocycles. The van der Waals surface area contributed by atoms with Crippen LogP contribution in [0.2, 0.25) is 0 Å². The SMILES string of the molecule is C[C@H](Cc1cc2ccccc2o1)NC(=O)C1CCOCC1. The van der Waals surface area contributed by atoms with Crippen LogP contribution in [0.5, 0.6) is 0 Å². The van der Waals surface area contributed by atoms with Crippen molar-refractivity contribution < 1.29 is 13.9 Å². The van der Waals surface area contributed by atoms with Crippen LogP contribution in [0.4, 0.5) is 0 Å². The number of amides is 1. The standard InChI is InChI=1S/C17H21NO3/c1-12(18-17(19)13-6-8-20-9-7-13)10-15-11-14-4-2-3-5-16(14)21-15/h2-5,11-13H,6-10H2,1H3,(H,18,19)/t12-/m1/s1. The van der Waals surface area contributed by atoms with Gasteiger partial charge in [-0.1, -0.05) is 18.2 Å². The summed E-state index contributed by atoms with van der Waals surface area (Å²) in [5.41, 5.74) is 0.899. The number of furan rings is 1. The maximum absolute atomic E-state index is 12.2. The molecule has 1 aromatic carbocycles. The summed E-state index contributed by atoms with van der Waals surface area (Å²) in [5, 5.41) is 4.19. The number of nitrogens with one attached hydrogen (secondary N) is 1. The Morgan fingerprint density at radius 2 is 2.10 bits per heavy atom. The van der Waals surface area contributed by atoms with Gasteiger partial charge in [0.15, 0.2) is 0 Å². The highest BCUT2D eigenvalue weighted by atomic mass is 16.5. The van der Waals surface area contributed by atoms with Crippen LogP contribution in [0.1, 0.15) is 25.5 Å². The summed E-state index contributed by atoms with van der Waals surface area (Å²) in [6.07, 6.45) is 2.36. The van der Waals surface area contributed by atoms with Gasteiger partial charge >= 0.3 is 0 Å². The van der Waals surface area contributed by atoms with E-state index in [2.05, 4.69) is 5.32 Å². The molecule has 1 saturated heterocycles. The molecule has 1 aliphatic heterocycles. The molecule has 1 N–H and O–H groups in total. The van der Waals surface area contributed by atoms with E-state index in [-0.39, 0.29) is 17.9 Å². The normalized spacial score (nSPS) is 17.8. The molecule has 112 valence electrons. The summed E-state index contributed by atoms with van der Waals surface area (Å²) in [7, 11) is 0. The first-order valence-corrected chi connectivity index (χ1v) is 7.58. The number of hydrogen-bond donors (Lipinski definition) is 1. The number of fused-ring (bicyclic) bond motifs is 1. The molecule has 0 spiro atoms. The van der Waals surface area contributed by atoms with E-state index in [1.165, 1.54) is 0 Å². The van der Waals surface area contributed by atoms with Gasteiger partial charge in [0, 0.05) is 37.0 Å². The lowest BCUT2D eigenvalue weighted by Crippen LogP contribution is -2.40. The highest BCUT2D eigenvalue weighted by molar-refractivity contribution is 5.79. The van der Waals surface area contributed by atoms with Gasteiger partial charge in [0.2, 0.25) is 5.91 Å². The summed E-state index contributed by atoms with van der Waals surface area (Å²) in [6.45, 7) is 3.40. The Bertz CT molecular complexity index is 580. The number of carbonyl (C=O) groups excluding carboxylic acids is 1.